The summed E-state index contributed by atoms with van der Waals surface area (Å²) in [6, 6.07) is 8.97. The summed E-state index contributed by atoms with van der Waals surface area (Å²) in [5, 5.41) is 1.50. The van der Waals surface area contributed by atoms with Gasteiger partial charge in [0, 0.05) is 22.6 Å². The number of rotatable bonds is 2. The number of carbonyl (C=O) groups is 2. The Morgan fingerprint density at radius 3 is 2.45 bits per heavy atom. The molecule has 0 fully saturated rings. The van der Waals surface area contributed by atoms with Gasteiger partial charge in [-0.05, 0) is 17.5 Å². The number of benzene rings is 2. The topological polar surface area (TPSA) is 52.6 Å². The number of allylic oxidation sites excluding steroid dienone is 2. The molecular formula is C16H12O4. The van der Waals surface area contributed by atoms with Crippen LogP contribution in [0, 0.1) is 0 Å². The molecule has 0 amide bonds. The second kappa shape index (κ2) is 4.49. The average Bonchev–Trinajstić information content (AvgIpc) is 2.49. The normalized spacial score (nSPS) is 14.0. The Kier molecular flexibility index (Phi) is 2.79. The van der Waals surface area contributed by atoms with Gasteiger partial charge in [0.15, 0.2) is 11.5 Å². The van der Waals surface area contributed by atoms with E-state index in [0.29, 0.717) is 22.3 Å². The predicted octanol–water partition coefficient (Wildman–Crippen LogP) is 2.76. The Morgan fingerprint density at radius 2 is 1.75 bits per heavy atom. The van der Waals surface area contributed by atoms with Gasteiger partial charge in [0.2, 0.25) is 5.78 Å². The fourth-order valence-electron chi connectivity index (χ4n) is 2.49. The highest BCUT2D eigenvalue weighted by molar-refractivity contribution is 6.29. The van der Waals surface area contributed by atoms with Crippen LogP contribution in [0.2, 0.25) is 0 Å². The molecule has 1 aliphatic rings. The average molecular weight is 268 g/mol. The van der Waals surface area contributed by atoms with Crippen LogP contribution in [0.3, 0.4) is 0 Å². The summed E-state index contributed by atoms with van der Waals surface area (Å²) in [7, 11) is 2.92. The van der Waals surface area contributed by atoms with E-state index in [9.17, 15) is 9.59 Å². The number of hydrogen-bond acceptors (Lipinski definition) is 4. The molecule has 4 nitrogen and oxygen atoms in total. The van der Waals surface area contributed by atoms with Crippen LogP contribution >= 0.6 is 0 Å². The second-order valence-corrected chi connectivity index (χ2v) is 4.45. The van der Waals surface area contributed by atoms with Crippen LogP contribution in [0.25, 0.3) is 10.8 Å². The number of fused-ring (bicyclic) bond motifs is 3. The maximum absolute atomic E-state index is 12.5. The molecule has 0 aliphatic heterocycles. The smallest absolute Gasteiger partial charge is 0.229 e. The highest BCUT2D eigenvalue weighted by atomic mass is 16.5. The first-order chi connectivity index (χ1) is 9.67. The minimum Gasteiger partial charge on any atom is -0.496 e. The Morgan fingerprint density at radius 1 is 0.950 bits per heavy atom. The van der Waals surface area contributed by atoms with Gasteiger partial charge in [-0.1, -0.05) is 18.2 Å². The van der Waals surface area contributed by atoms with Crippen LogP contribution < -0.4 is 4.74 Å². The Balaban J connectivity index is 2.43. The van der Waals surface area contributed by atoms with Gasteiger partial charge in [-0.2, -0.15) is 0 Å². The lowest BCUT2D eigenvalue weighted by Crippen LogP contribution is -2.18. The van der Waals surface area contributed by atoms with Gasteiger partial charge in [-0.15, -0.1) is 0 Å². The van der Waals surface area contributed by atoms with E-state index < -0.39 is 0 Å². The summed E-state index contributed by atoms with van der Waals surface area (Å²) >= 11 is 0. The van der Waals surface area contributed by atoms with Crippen molar-refractivity contribution >= 4 is 22.3 Å². The summed E-state index contributed by atoms with van der Waals surface area (Å²) in [6.07, 6.45) is 1.23. The zero-order valence-corrected chi connectivity index (χ0v) is 11.1. The number of ether oxygens (including phenoxy) is 2. The fourth-order valence-corrected chi connectivity index (χ4v) is 2.49. The van der Waals surface area contributed by atoms with Gasteiger partial charge in [0.05, 0.1) is 14.2 Å². The van der Waals surface area contributed by atoms with Crippen LogP contribution in [0.5, 0.6) is 5.75 Å². The van der Waals surface area contributed by atoms with Crippen LogP contribution in [0.15, 0.2) is 42.2 Å². The standard InChI is InChI=1S/C16H12O4/c1-19-12-5-3-4-9-6-7-10-11(17)8-13(20-2)16(18)15(10)14(9)12/h3-8H,1-2H3. The van der Waals surface area contributed by atoms with Crippen molar-refractivity contribution < 1.29 is 19.1 Å². The summed E-state index contributed by atoms with van der Waals surface area (Å²) in [4.78, 5) is 24.6. The molecule has 1 aliphatic carbocycles. The first-order valence-electron chi connectivity index (χ1n) is 6.12. The molecule has 0 saturated carbocycles. The molecule has 0 radical (unpaired) electrons. The highest BCUT2D eigenvalue weighted by Crippen LogP contribution is 2.34. The number of ketones is 2. The van der Waals surface area contributed by atoms with Crippen molar-refractivity contribution in [1.82, 2.24) is 0 Å². The molecule has 0 aromatic heterocycles. The zero-order chi connectivity index (χ0) is 14.3. The first kappa shape index (κ1) is 12.4. The van der Waals surface area contributed by atoms with Gasteiger partial charge in [-0.25, -0.2) is 0 Å². The van der Waals surface area contributed by atoms with Crippen molar-refractivity contribution in [3.8, 4) is 5.75 Å². The quantitative estimate of drug-likeness (QED) is 0.840. The lowest BCUT2D eigenvalue weighted by atomic mass is 9.88. The minimum absolute atomic E-state index is 0.0564. The van der Waals surface area contributed by atoms with E-state index in [0.717, 1.165) is 5.39 Å². The van der Waals surface area contributed by atoms with Crippen molar-refractivity contribution in [1.29, 1.82) is 0 Å². The number of hydrogen-bond donors (Lipinski definition) is 0. The number of carbonyl (C=O) groups excluding carboxylic acids is 2. The zero-order valence-electron chi connectivity index (χ0n) is 11.1. The Bertz CT molecular complexity index is 771. The Labute approximate surface area is 115 Å². The summed E-state index contributed by atoms with van der Waals surface area (Å²) in [6.45, 7) is 0. The highest BCUT2D eigenvalue weighted by Gasteiger charge is 2.29. The lowest BCUT2D eigenvalue weighted by Gasteiger charge is -2.17. The molecule has 4 heteroatoms. The molecule has 0 heterocycles. The third-order valence-electron chi connectivity index (χ3n) is 3.43. The molecule has 0 bridgehead atoms. The van der Waals surface area contributed by atoms with E-state index in [1.165, 1.54) is 20.3 Å². The third kappa shape index (κ3) is 1.61. The molecule has 0 unspecified atom stereocenters. The minimum atomic E-state index is -0.294. The van der Waals surface area contributed by atoms with Crippen LogP contribution in [-0.2, 0) is 4.74 Å². The third-order valence-corrected chi connectivity index (χ3v) is 3.43. The van der Waals surface area contributed by atoms with Crippen LogP contribution in [-0.4, -0.2) is 25.8 Å². The molecule has 2 aromatic carbocycles. The first-order valence-corrected chi connectivity index (χ1v) is 6.12. The van der Waals surface area contributed by atoms with E-state index in [1.807, 2.05) is 18.2 Å². The molecule has 0 saturated heterocycles. The van der Waals surface area contributed by atoms with Gasteiger partial charge in [0.1, 0.15) is 5.75 Å². The second-order valence-electron chi connectivity index (χ2n) is 4.45. The molecular weight excluding hydrogens is 256 g/mol. The van der Waals surface area contributed by atoms with Crippen LogP contribution in [0.1, 0.15) is 20.7 Å². The maximum atomic E-state index is 12.5. The van der Waals surface area contributed by atoms with Gasteiger partial charge >= 0.3 is 0 Å². The van der Waals surface area contributed by atoms with Gasteiger partial charge in [0.25, 0.3) is 0 Å². The van der Waals surface area contributed by atoms with Crippen LogP contribution in [0.4, 0.5) is 0 Å². The van der Waals surface area contributed by atoms with Crippen molar-refractivity contribution in [2.75, 3.05) is 14.2 Å². The van der Waals surface area contributed by atoms with E-state index in [-0.39, 0.29) is 17.3 Å². The Hall–Kier alpha value is -2.62. The molecule has 0 N–H and O–H groups in total. The molecule has 0 spiro atoms. The van der Waals surface area contributed by atoms with E-state index >= 15 is 0 Å². The van der Waals surface area contributed by atoms with E-state index in [2.05, 4.69) is 0 Å². The summed E-state index contributed by atoms with van der Waals surface area (Å²) in [5.41, 5.74) is 0.733. The van der Waals surface area contributed by atoms with Crippen molar-refractivity contribution in [3.63, 3.8) is 0 Å². The lowest BCUT2D eigenvalue weighted by molar-refractivity contribution is 0.0918. The summed E-state index contributed by atoms with van der Waals surface area (Å²) < 4.78 is 10.3. The van der Waals surface area contributed by atoms with Crippen molar-refractivity contribution in [2.45, 2.75) is 0 Å². The largest absolute Gasteiger partial charge is 0.496 e. The molecule has 3 rings (SSSR count). The molecule has 100 valence electrons. The van der Waals surface area contributed by atoms with Crippen molar-refractivity contribution in [2.24, 2.45) is 0 Å². The SMILES string of the molecule is COC1=CC(=O)c2ccc3cccc(OC)c3c2C1=O. The molecule has 0 atom stereocenters. The fraction of sp³-hybridized carbons (Fsp3) is 0.125. The molecule has 2 aromatic rings. The maximum Gasteiger partial charge on any atom is 0.229 e. The van der Waals surface area contributed by atoms with Gasteiger partial charge < -0.3 is 9.47 Å². The molecule has 20 heavy (non-hydrogen) atoms. The van der Waals surface area contributed by atoms with E-state index in [4.69, 9.17) is 9.47 Å². The summed E-state index contributed by atoms with van der Waals surface area (Å²) in [5.74, 6) is 0.0974. The number of Topliss-reactive ketones (excluding diaryl/α,β-unsaturated/α-hetero) is 1. The number of methoxy groups -OCH3 is 2. The predicted molar refractivity (Wildman–Crippen MR) is 74.3 cm³/mol. The van der Waals surface area contributed by atoms with Gasteiger partial charge in [-0.3, -0.25) is 9.59 Å². The monoisotopic (exact) mass is 268 g/mol. The van der Waals surface area contributed by atoms with E-state index in [1.54, 1.807) is 12.1 Å². The van der Waals surface area contributed by atoms with Crippen molar-refractivity contribution in [3.05, 3.63) is 53.3 Å².